The molecule has 126 valence electrons. The van der Waals surface area contributed by atoms with Gasteiger partial charge in [0.15, 0.2) is 5.69 Å². The molecule has 1 aromatic carbocycles. The lowest BCUT2D eigenvalue weighted by Crippen LogP contribution is -2.14. The van der Waals surface area contributed by atoms with Crippen molar-refractivity contribution in [3.63, 3.8) is 0 Å². The summed E-state index contributed by atoms with van der Waals surface area (Å²) in [6.45, 7) is 0. The number of hydrogen-bond acceptors (Lipinski definition) is 3. The van der Waals surface area contributed by atoms with E-state index in [1.165, 1.54) is 25.0 Å². The van der Waals surface area contributed by atoms with E-state index in [4.69, 9.17) is 5.11 Å². The van der Waals surface area contributed by atoms with Crippen molar-refractivity contribution in [2.45, 2.75) is 38.1 Å². The van der Waals surface area contributed by atoms with Crippen LogP contribution in [0.4, 0.5) is 10.1 Å². The molecular formula is C17H18FN3O3. The first-order valence-corrected chi connectivity index (χ1v) is 7.89. The van der Waals surface area contributed by atoms with Gasteiger partial charge < -0.3 is 10.4 Å². The molecule has 1 aromatic heterocycles. The Hall–Kier alpha value is -2.70. The van der Waals surface area contributed by atoms with Crippen LogP contribution in [0, 0.1) is 5.82 Å². The summed E-state index contributed by atoms with van der Waals surface area (Å²) in [5, 5.41) is 15.6. The van der Waals surface area contributed by atoms with Crippen LogP contribution >= 0.6 is 0 Å². The number of amides is 1. The number of carbonyl (C=O) groups excluding carboxylic acids is 1. The fourth-order valence-corrected chi connectivity index (χ4v) is 2.96. The van der Waals surface area contributed by atoms with Gasteiger partial charge in [0.1, 0.15) is 5.82 Å². The molecule has 0 aliphatic heterocycles. The van der Waals surface area contributed by atoms with Crippen LogP contribution in [0.1, 0.15) is 47.8 Å². The first-order valence-electron chi connectivity index (χ1n) is 7.89. The Kier molecular flexibility index (Phi) is 4.59. The van der Waals surface area contributed by atoms with Crippen LogP contribution in [-0.4, -0.2) is 26.8 Å². The Balaban J connectivity index is 1.68. The SMILES string of the molecule is O=C(O)Cc1ccc(NC(=O)c2ccn(C3CCCC3)n2)cc1F. The lowest BCUT2D eigenvalue weighted by molar-refractivity contribution is -0.136. The van der Waals surface area contributed by atoms with Gasteiger partial charge >= 0.3 is 5.97 Å². The molecular weight excluding hydrogens is 313 g/mol. The zero-order valence-electron chi connectivity index (χ0n) is 13.0. The first kappa shape index (κ1) is 16.2. The number of aromatic nitrogens is 2. The molecule has 0 unspecified atom stereocenters. The van der Waals surface area contributed by atoms with Crippen molar-refractivity contribution in [3.05, 3.63) is 47.5 Å². The van der Waals surface area contributed by atoms with E-state index in [1.807, 2.05) is 4.68 Å². The normalized spacial score (nSPS) is 14.7. The minimum atomic E-state index is -1.11. The summed E-state index contributed by atoms with van der Waals surface area (Å²) in [6.07, 6.45) is 5.88. The standard InChI is InChI=1S/C17H18FN3O3/c18-14-10-12(6-5-11(14)9-16(22)23)19-17(24)15-7-8-21(20-15)13-3-1-2-4-13/h5-8,10,13H,1-4,9H2,(H,19,24)(H,22,23). The van der Waals surface area contributed by atoms with E-state index >= 15 is 0 Å². The van der Waals surface area contributed by atoms with Gasteiger partial charge in [0, 0.05) is 11.9 Å². The molecule has 0 atom stereocenters. The summed E-state index contributed by atoms with van der Waals surface area (Å²) in [5.74, 6) is -2.19. The van der Waals surface area contributed by atoms with Gasteiger partial charge in [0.05, 0.1) is 12.5 Å². The van der Waals surface area contributed by atoms with E-state index in [2.05, 4.69) is 10.4 Å². The van der Waals surface area contributed by atoms with Gasteiger partial charge in [0.25, 0.3) is 5.91 Å². The van der Waals surface area contributed by atoms with Crippen molar-refractivity contribution in [2.24, 2.45) is 0 Å². The summed E-state index contributed by atoms with van der Waals surface area (Å²) in [7, 11) is 0. The fraction of sp³-hybridized carbons (Fsp3) is 0.353. The monoisotopic (exact) mass is 331 g/mol. The average Bonchev–Trinajstić information content (AvgIpc) is 3.19. The van der Waals surface area contributed by atoms with Crippen molar-refractivity contribution in [1.29, 1.82) is 0 Å². The predicted octanol–water partition coefficient (Wildman–Crippen LogP) is 3.02. The molecule has 1 heterocycles. The molecule has 1 fully saturated rings. The second-order valence-corrected chi connectivity index (χ2v) is 5.95. The number of anilines is 1. The number of benzene rings is 1. The zero-order valence-corrected chi connectivity index (χ0v) is 13.0. The van der Waals surface area contributed by atoms with Crippen molar-refractivity contribution in [1.82, 2.24) is 9.78 Å². The number of carbonyl (C=O) groups is 2. The number of rotatable bonds is 5. The number of carboxylic acids is 1. The van der Waals surface area contributed by atoms with Gasteiger partial charge in [-0.05, 0) is 36.6 Å². The molecule has 0 bridgehead atoms. The quantitative estimate of drug-likeness (QED) is 0.882. The van der Waals surface area contributed by atoms with E-state index < -0.39 is 24.1 Å². The Bertz CT molecular complexity index is 766. The maximum absolute atomic E-state index is 13.8. The van der Waals surface area contributed by atoms with Crippen LogP contribution in [-0.2, 0) is 11.2 Å². The highest BCUT2D eigenvalue weighted by Gasteiger charge is 2.19. The van der Waals surface area contributed by atoms with Crippen molar-refractivity contribution < 1.29 is 19.1 Å². The van der Waals surface area contributed by atoms with Gasteiger partial charge in [-0.1, -0.05) is 18.9 Å². The van der Waals surface area contributed by atoms with Gasteiger partial charge in [-0.15, -0.1) is 0 Å². The van der Waals surface area contributed by atoms with Gasteiger partial charge in [-0.2, -0.15) is 5.10 Å². The molecule has 0 saturated heterocycles. The molecule has 2 aromatic rings. The third kappa shape index (κ3) is 3.61. The number of hydrogen-bond donors (Lipinski definition) is 2. The summed E-state index contributed by atoms with van der Waals surface area (Å²) >= 11 is 0. The first-order chi connectivity index (χ1) is 11.5. The number of nitrogens with one attached hydrogen (secondary N) is 1. The van der Waals surface area contributed by atoms with Gasteiger partial charge in [0.2, 0.25) is 0 Å². The molecule has 1 aliphatic carbocycles. The average molecular weight is 331 g/mol. The lowest BCUT2D eigenvalue weighted by atomic mass is 10.1. The minimum absolute atomic E-state index is 0.0750. The second-order valence-electron chi connectivity index (χ2n) is 5.95. The molecule has 0 radical (unpaired) electrons. The highest BCUT2D eigenvalue weighted by Crippen LogP contribution is 2.28. The Morgan fingerprint density at radius 2 is 2.04 bits per heavy atom. The third-order valence-electron chi connectivity index (χ3n) is 4.19. The number of nitrogens with zero attached hydrogens (tertiary/aromatic N) is 2. The summed E-state index contributed by atoms with van der Waals surface area (Å²) < 4.78 is 15.7. The molecule has 7 heteroatoms. The molecule has 0 spiro atoms. The second kappa shape index (κ2) is 6.82. The van der Waals surface area contributed by atoms with Crippen LogP contribution in [0.2, 0.25) is 0 Å². The Morgan fingerprint density at radius 3 is 2.71 bits per heavy atom. The summed E-state index contributed by atoms with van der Waals surface area (Å²) in [5.41, 5.74) is 0.616. The van der Waals surface area contributed by atoms with Crippen molar-refractivity contribution in [3.8, 4) is 0 Å². The zero-order chi connectivity index (χ0) is 17.1. The Labute approximate surface area is 138 Å². The molecule has 24 heavy (non-hydrogen) atoms. The van der Waals surface area contributed by atoms with E-state index in [-0.39, 0.29) is 16.9 Å². The maximum Gasteiger partial charge on any atom is 0.307 e. The predicted molar refractivity (Wildman–Crippen MR) is 85.4 cm³/mol. The van der Waals surface area contributed by atoms with Crippen molar-refractivity contribution in [2.75, 3.05) is 5.32 Å². The van der Waals surface area contributed by atoms with Crippen LogP contribution in [0.3, 0.4) is 0 Å². The van der Waals surface area contributed by atoms with E-state index in [0.29, 0.717) is 6.04 Å². The number of halogens is 1. The molecule has 1 aliphatic rings. The molecule has 1 amide bonds. The van der Waals surface area contributed by atoms with E-state index in [1.54, 1.807) is 12.3 Å². The number of carboxylic acid groups (broad SMARTS) is 1. The number of aliphatic carboxylic acids is 1. The lowest BCUT2D eigenvalue weighted by Gasteiger charge is -2.09. The van der Waals surface area contributed by atoms with Crippen LogP contribution in [0.15, 0.2) is 30.5 Å². The highest BCUT2D eigenvalue weighted by molar-refractivity contribution is 6.02. The highest BCUT2D eigenvalue weighted by atomic mass is 19.1. The Morgan fingerprint density at radius 1 is 1.29 bits per heavy atom. The van der Waals surface area contributed by atoms with Gasteiger partial charge in [-0.25, -0.2) is 4.39 Å². The summed E-state index contributed by atoms with van der Waals surface area (Å²) in [6, 6.07) is 5.94. The molecule has 1 saturated carbocycles. The molecule has 2 N–H and O–H groups in total. The van der Waals surface area contributed by atoms with Crippen LogP contribution in [0.25, 0.3) is 0 Å². The smallest absolute Gasteiger partial charge is 0.307 e. The molecule has 6 nitrogen and oxygen atoms in total. The largest absolute Gasteiger partial charge is 0.481 e. The van der Waals surface area contributed by atoms with Crippen LogP contribution in [0.5, 0.6) is 0 Å². The third-order valence-corrected chi connectivity index (χ3v) is 4.19. The van der Waals surface area contributed by atoms with Gasteiger partial charge in [-0.3, -0.25) is 14.3 Å². The fourth-order valence-electron chi connectivity index (χ4n) is 2.96. The minimum Gasteiger partial charge on any atom is -0.481 e. The van der Waals surface area contributed by atoms with Crippen molar-refractivity contribution >= 4 is 17.6 Å². The topological polar surface area (TPSA) is 84.2 Å². The van der Waals surface area contributed by atoms with Crippen LogP contribution < -0.4 is 5.32 Å². The van der Waals surface area contributed by atoms with E-state index in [0.717, 1.165) is 18.9 Å². The molecule has 3 rings (SSSR count). The van der Waals surface area contributed by atoms with E-state index in [9.17, 15) is 14.0 Å². The summed E-state index contributed by atoms with van der Waals surface area (Å²) in [4.78, 5) is 22.8. The maximum atomic E-state index is 13.8.